The molecule has 0 aliphatic rings. The number of aromatic nitrogens is 1. The molecule has 0 fully saturated rings. The van der Waals surface area contributed by atoms with Gasteiger partial charge in [0.25, 0.3) is 5.91 Å². The minimum atomic E-state index is -0.158. The maximum absolute atomic E-state index is 12.1. The molecule has 4 nitrogen and oxygen atoms in total. The van der Waals surface area contributed by atoms with Crippen LogP contribution in [0, 0.1) is 6.92 Å². The van der Waals surface area contributed by atoms with E-state index in [0.717, 1.165) is 11.3 Å². The Morgan fingerprint density at radius 2 is 2.17 bits per heavy atom. The lowest BCUT2D eigenvalue weighted by molar-refractivity contribution is 0.102. The number of carbonyl (C=O) groups is 1. The van der Waals surface area contributed by atoms with Crippen LogP contribution in [-0.2, 0) is 6.54 Å². The van der Waals surface area contributed by atoms with Gasteiger partial charge in [0.05, 0.1) is 5.56 Å². The molecule has 1 aromatic carbocycles. The van der Waals surface area contributed by atoms with Crippen LogP contribution in [0.2, 0.25) is 0 Å². The zero-order valence-electron chi connectivity index (χ0n) is 10.2. The van der Waals surface area contributed by atoms with Gasteiger partial charge >= 0.3 is 0 Å². The summed E-state index contributed by atoms with van der Waals surface area (Å²) in [5.41, 5.74) is 8.58. The molecule has 2 rings (SSSR count). The van der Waals surface area contributed by atoms with E-state index in [1.54, 1.807) is 18.3 Å². The van der Waals surface area contributed by atoms with Crippen molar-refractivity contribution in [1.82, 2.24) is 4.98 Å². The Morgan fingerprint density at radius 3 is 2.89 bits per heavy atom. The van der Waals surface area contributed by atoms with Gasteiger partial charge in [-0.05, 0) is 36.8 Å². The van der Waals surface area contributed by atoms with Crippen LogP contribution in [0.5, 0.6) is 0 Å². The summed E-state index contributed by atoms with van der Waals surface area (Å²) in [6.45, 7) is 2.26. The second-order valence-electron chi connectivity index (χ2n) is 3.99. The van der Waals surface area contributed by atoms with Gasteiger partial charge in [-0.25, -0.2) is 0 Å². The first-order valence-corrected chi connectivity index (χ1v) is 5.72. The highest BCUT2D eigenvalue weighted by molar-refractivity contribution is 6.04. The van der Waals surface area contributed by atoms with E-state index in [9.17, 15) is 4.79 Å². The van der Waals surface area contributed by atoms with Crippen molar-refractivity contribution in [3.8, 4) is 0 Å². The first kappa shape index (κ1) is 12.3. The number of nitrogens with two attached hydrogens (primary N) is 1. The number of nitrogens with zero attached hydrogens (tertiary/aromatic N) is 1. The Morgan fingerprint density at radius 1 is 1.33 bits per heavy atom. The summed E-state index contributed by atoms with van der Waals surface area (Å²) in [5.74, 6) is -0.158. The van der Waals surface area contributed by atoms with Crippen LogP contribution in [0.4, 0.5) is 5.69 Å². The summed E-state index contributed by atoms with van der Waals surface area (Å²) in [6, 6.07) is 11.0. The van der Waals surface area contributed by atoms with Gasteiger partial charge in [-0.15, -0.1) is 0 Å². The number of benzene rings is 1. The SMILES string of the molecule is Cc1ncccc1C(=O)Nc1cccc(CN)c1. The summed E-state index contributed by atoms with van der Waals surface area (Å²) in [7, 11) is 0. The van der Waals surface area contributed by atoms with E-state index in [1.165, 1.54) is 0 Å². The molecule has 3 N–H and O–H groups in total. The topological polar surface area (TPSA) is 68.0 Å². The molecular formula is C14H15N3O. The molecular weight excluding hydrogens is 226 g/mol. The van der Waals surface area contributed by atoms with E-state index in [1.807, 2.05) is 31.2 Å². The molecule has 0 saturated carbocycles. The van der Waals surface area contributed by atoms with Crippen molar-refractivity contribution in [1.29, 1.82) is 0 Å². The van der Waals surface area contributed by atoms with Gasteiger partial charge in [0, 0.05) is 24.1 Å². The standard InChI is InChI=1S/C14H15N3O/c1-10-13(6-3-7-16-10)14(18)17-12-5-2-4-11(8-12)9-15/h2-8H,9,15H2,1H3,(H,17,18). The highest BCUT2D eigenvalue weighted by Crippen LogP contribution is 2.13. The Labute approximate surface area is 106 Å². The third-order valence-electron chi connectivity index (χ3n) is 2.67. The maximum atomic E-state index is 12.1. The fourth-order valence-electron chi connectivity index (χ4n) is 1.70. The average Bonchev–Trinajstić information content (AvgIpc) is 2.39. The average molecular weight is 241 g/mol. The lowest BCUT2D eigenvalue weighted by Gasteiger charge is -2.08. The Balaban J connectivity index is 2.19. The van der Waals surface area contributed by atoms with Crippen LogP contribution in [-0.4, -0.2) is 10.9 Å². The molecule has 0 bridgehead atoms. The molecule has 1 aromatic heterocycles. The molecule has 92 valence electrons. The third-order valence-corrected chi connectivity index (χ3v) is 2.67. The number of anilines is 1. The monoisotopic (exact) mass is 241 g/mol. The van der Waals surface area contributed by atoms with Crippen LogP contribution >= 0.6 is 0 Å². The number of aryl methyl sites for hydroxylation is 1. The van der Waals surface area contributed by atoms with E-state index in [0.29, 0.717) is 17.8 Å². The first-order valence-electron chi connectivity index (χ1n) is 5.72. The zero-order valence-corrected chi connectivity index (χ0v) is 10.2. The van der Waals surface area contributed by atoms with E-state index in [-0.39, 0.29) is 5.91 Å². The number of hydrogen-bond donors (Lipinski definition) is 2. The van der Waals surface area contributed by atoms with Crippen molar-refractivity contribution in [2.24, 2.45) is 5.73 Å². The van der Waals surface area contributed by atoms with E-state index in [2.05, 4.69) is 10.3 Å². The normalized spacial score (nSPS) is 10.1. The molecule has 0 aliphatic carbocycles. The third kappa shape index (κ3) is 2.73. The van der Waals surface area contributed by atoms with Crippen molar-refractivity contribution in [2.75, 3.05) is 5.32 Å². The predicted molar refractivity (Wildman–Crippen MR) is 71.3 cm³/mol. The Bertz CT molecular complexity index is 566. The summed E-state index contributed by atoms with van der Waals surface area (Å²) >= 11 is 0. The second-order valence-corrected chi connectivity index (χ2v) is 3.99. The molecule has 1 heterocycles. The molecule has 0 aliphatic heterocycles. The molecule has 0 radical (unpaired) electrons. The first-order chi connectivity index (χ1) is 8.70. The second kappa shape index (κ2) is 5.42. The van der Waals surface area contributed by atoms with Gasteiger partial charge < -0.3 is 11.1 Å². The highest BCUT2D eigenvalue weighted by Gasteiger charge is 2.09. The Kier molecular flexibility index (Phi) is 3.69. The number of pyridine rings is 1. The van der Waals surface area contributed by atoms with Crippen LogP contribution < -0.4 is 11.1 Å². The van der Waals surface area contributed by atoms with Gasteiger partial charge in [-0.3, -0.25) is 9.78 Å². The van der Waals surface area contributed by atoms with Gasteiger partial charge in [0.1, 0.15) is 0 Å². The minimum absolute atomic E-state index is 0.158. The molecule has 4 heteroatoms. The summed E-state index contributed by atoms with van der Waals surface area (Å²) in [6.07, 6.45) is 1.67. The largest absolute Gasteiger partial charge is 0.326 e. The van der Waals surface area contributed by atoms with Crippen molar-refractivity contribution in [2.45, 2.75) is 13.5 Å². The van der Waals surface area contributed by atoms with Crippen LogP contribution in [0.15, 0.2) is 42.6 Å². The zero-order chi connectivity index (χ0) is 13.0. The van der Waals surface area contributed by atoms with E-state index < -0.39 is 0 Å². The number of amides is 1. The van der Waals surface area contributed by atoms with Crippen LogP contribution in [0.3, 0.4) is 0 Å². The number of rotatable bonds is 3. The fourth-order valence-corrected chi connectivity index (χ4v) is 1.70. The molecule has 0 spiro atoms. The van der Waals surface area contributed by atoms with Crippen molar-refractivity contribution in [3.63, 3.8) is 0 Å². The molecule has 2 aromatic rings. The Hall–Kier alpha value is -2.20. The fraction of sp³-hybridized carbons (Fsp3) is 0.143. The maximum Gasteiger partial charge on any atom is 0.257 e. The summed E-state index contributed by atoms with van der Waals surface area (Å²) in [4.78, 5) is 16.1. The molecule has 0 unspecified atom stereocenters. The van der Waals surface area contributed by atoms with Crippen LogP contribution in [0.1, 0.15) is 21.6 Å². The number of nitrogens with one attached hydrogen (secondary N) is 1. The summed E-state index contributed by atoms with van der Waals surface area (Å²) in [5, 5.41) is 2.84. The molecule has 18 heavy (non-hydrogen) atoms. The molecule has 0 atom stereocenters. The van der Waals surface area contributed by atoms with Crippen molar-refractivity contribution >= 4 is 11.6 Å². The summed E-state index contributed by atoms with van der Waals surface area (Å²) < 4.78 is 0. The van der Waals surface area contributed by atoms with E-state index >= 15 is 0 Å². The predicted octanol–water partition coefficient (Wildman–Crippen LogP) is 2.10. The van der Waals surface area contributed by atoms with Gasteiger partial charge in [0.2, 0.25) is 0 Å². The minimum Gasteiger partial charge on any atom is -0.326 e. The van der Waals surface area contributed by atoms with Gasteiger partial charge in [-0.1, -0.05) is 12.1 Å². The smallest absolute Gasteiger partial charge is 0.257 e. The highest BCUT2D eigenvalue weighted by atomic mass is 16.1. The molecule has 0 saturated heterocycles. The van der Waals surface area contributed by atoms with Gasteiger partial charge in [-0.2, -0.15) is 0 Å². The molecule has 1 amide bonds. The van der Waals surface area contributed by atoms with Gasteiger partial charge in [0.15, 0.2) is 0 Å². The lowest BCUT2D eigenvalue weighted by atomic mass is 10.1. The van der Waals surface area contributed by atoms with Crippen molar-refractivity contribution < 1.29 is 4.79 Å². The van der Waals surface area contributed by atoms with Crippen molar-refractivity contribution in [3.05, 3.63) is 59.4 Å². The number of carbonyl (C=O) groups excluding carboxylic acids is 1. The number of hydrogen-bond acceptors (Lipinski definition) is 3. The lowest BCUT2D eigenvalue weighted by Crippen LogP contribution is -2.14. The quantitative estimate of drug-likeness (QED) is 0.864. The van der Waals surface area contributed by atoms with Crippen LogP contribution in [0.25, 0.3) is 0 Å². The van der Waals surface area contributed by atoms with E-state index in [4.69, 9.17) is 5.73 Å².